The van der Waals surface area contributed by atoms with Crippen LogP contribution in [0.1, 0.15) is 13.8 Å². The smallest absolute Gasteiger partial charge is 0.321 e. The van der Waals surface area contributed by atoms with Crippen LogP contribution in [-0.4, -0.2) is 38.5 Å². The van der Waals surface area contributed by atoms with Gasteiger partial charge in [-0.05, 0) is 38.1 Å². The van der Waals surface area contributed by atoms with Gasteiger partial charge in [-0.2, -0.15) is 0 Å². The Morgan fingerprint density at radius 2 is 1.96 bits per heavy atom. The molecule has 0 aliphatic carbocycles. The number of hydrogen-bond donors (Lipinski definition) is 2. The number of carbonyl (C=O) groups is 2. The van der Waals surface area contributed by atoms with Crippen LogP contribution in [0.15, 0.2) is 29.4 Å². The lowest BCUT2D eigenvalue weighted by Crippen LogP contribution is -2.42. The van der Waals surface area contributed by atoms with Crippen LogP contribution < -0.4 is 10.6 Å². The zero-order valence-electron chi connectivity index (χ0n) is 13.5. The van der Waals surface area contributed by atoms with Crippen LogP contribution in [0, 0.1) is 0 Å². The lowest BCUT2D eigenvalue weighted by Gasteiger charge is -2.11. The zero-order valence-corrected chi connectivity index (χ0v) is 15.1. The van der Waals surface area contributed by atoms with Gasteiger partial charge in [0.2, 0.25) is 5.91 Å². The molecule has 0 bridgehead atoms. The molecule has 1 aromatic heterocycles. The molecule has 0 aliphatic heterocycles. The van der Waals surface area contributed by atoms with Gasteiger partial charge in [0.25, 0.3) is 0 Å². The fraction of sp³-hybridized carbons (Fsp3) is 0.333. The van der Waals surface area contributed by atoms with Gasteiger partial charge >= 0.3 is 6.03 Å². The van der Waals surface area contributed by atoms with Crippen LogP contribution in [0.4, 0.5) is 4.79 Å². The minimum atomic E-state index is -0.505. The van der Waals surface area contributed by atoms with E-state index in [0.717, 1.165) is 5.56 Å². The quantitative estimate of drug-likeness (QED) is 0.792. The Balaban J connectivity index is 2.07. The van der Waals surface area contributed by atoms with Crippen molar-refractivity contribution in [3.63, 3.8) is 0 Å². The summed E-state index contributed by atoms with van der Waals surface area (Å²) in [4.78, 5) is 23.4. The maximum atomic E-state index is 12.0. The van der Waals surface area contributed by atoms with E-state index in [0.29, 0.717) is 22.5 Å². The molecule has 0 spiro atoms. The van der Waals surface area contributed by atoms with Crippen molar-refractivity contribution in [1.29, 1.82) is 0 Å². The van der Waals surface area contributed by atoms with E-state index in [9.17, 15) is 9.59 Å². The maximum Gasteiger partial charge on any atom is 0.321 e. The Morgan fingerprint density at radius 1 is 1.29 bits per heavy atom. The lowest BCUT2D eigenvalue weighted by molar-refractivity contribution is -0.119. The van der Waals surface area contributed by atoms with Crippen molar-refractivity contribution in [3.05, 3.63) is 29.3 Å². The fourth-order valence-corrected chi connectivity index (χ4v) is 2.84. The maximum absolute atomic E-state index is 12.0. The molecule has 24 heavy (non-hydrogen) atoms. The number of carbonyl (C=O) groups excluding carboxylic acids is 2. The summed E-state index contributed by atoms with van der Waals surface area (Å²) in [5, 5.41) is 13.8. The molecule has 128 valence electrons. The minimum Gasteiger partial charge on any atom is -0.338 e. The third kappa shape index (κ3) is 4.48. The minimum absolute atomic E-state index is 0.387. The molecular weight excluding hydrogens is 350 g/mol. The number of amides is 3. The Labute approximate surface area is 149 Å². The highest BCUT2D eigenvalue weighted by molar-refractivity contribution is 8.00. The number of aromatic nitrogens is 3. The van der Waals surface area contributed by atoms with E-state index < -0.39 is 11.3 Å². The number of benzene rings is 1. The molecule has 0 saturated heterocycles. The molecule has 0 radical (unpaired) electrons. The first-order chi connectivity index (χ1) is 11.4. The third-order valence-corrected chi connectivity index (χ3v) is 4.55. The third-order valence-electron chi connectivity index (χ3n) is 3.16. The summed E-state index contributed by atoms with van der Waals surface area (Å²) in [6.07, 6.45) is 0. The molecule has 1 heterocycles. The van der Waals surface area contributed by atoms with Crippen molar-refractivity contribution in [2.75, 3.05) is 6.54 Å². The topological polar surface area (TPSA) is 88.9 Å². The number of nitrogens with zero attached hydrogens (tertiary/aromatic N) is 3. The largest absolute Gasteiger partial charge is 0.338 e. The Morgan fingerprint density at radius 3 is 2.58 bits per heavy atom. The monoisotopic (exact) mass is 367 g/mol. The normalized spacial score (nSPS) is 11.8. The molecule has 1 aromatic carbocycles. The standard InChI is InChI=1S/C15H18ClN5O2S/c1-4-17-14(23)18-13(22)9(2)24-15-20-19-12(21(15)3)10-5-7-11(16)8-6-10/h5-9H,4H2,1-3H3,(H2,17,18,22,23)/t9-/m1/s1. The summed E-state index contributed by atoms with van der Waals surface area (Å²) in [7, 11) is 1.82. The second kappa shape index (κ2) is 8.16. The fourth-order valence-electron chi connectivity index (χ4n) is 1.90. The summed E-state index contributed by atoms with van der Waals surface area (Å²) < 4.78 is 1.80. The molecule has 0 saturated carbocycles. The SMILES string of the molecule is CCNC(=O)NC(=O)[C@@H](C)Sc1nnc(-c2ccc(Cl)cc2)n1C. The highest BCUT2D eigenvalue weighted by atomic mass is 35.5. The molecular formula is C15H18ClN5O2S. The van der Waals surface area contributed by atoms with Gasteiger partial charge in [-0.25, -0.2) is 4.79 Å². The van der Waals surface area contributed by atoms with Gasteiger partial charge in [-0.15, -0.1) is 10.2 Å². The van der Waals surface area contributed by atoms with Crippen LogP contribution in [0.3, 0.4) is 0 Å². The van der Waals surface area contributed by atoms with Gasteiger partial charge < -0.3 is 9.88 Å². The van der Waals surface area contributed by atoms with E-state index in [1.165, 1.54) is 11.8 Å². The summed E-state index contributed by atoms with van der Waals surface area (Å²) in [6.45, 7) is 3.93. The molecule has 9 heteroatoms. The predicted octanol–water partition coefficient (Wildman–Crippen LogP) is 2.46. The number of nitrogens with one attached hydrogen (secondary N) is 2. The Bertz CT molecular complexity index is 732. The van der Waals surface area contributed by atoms with Gasteiger partial charge in [-0.3, -0.25) is 10.1 Å². The van der Waals surface area contributed by atoms with Crippen LogP contribution in [0.2, 0.25) is 5.02 Å². The van der Waals surface area contributed by atoms with Crippen molar-refractivity contribution < 1.29 is 9.59 Å². The van der Waals surface area contributed by atoms with Gasteiger partial charge in [0.1, 0.15) is 0 Å². The molecule has 3 amide bonds. The number of rotatable bonds is 5. The molecule has 0 fully saturated rings. The van der Waals surface area contributed by atoms with E-state index in [1.807, 2.05) is 19.2 Å². The first-order valence-electron chi connectivity index (χ1n) is 7.33. The molecule has 7 nitrogen and oxygen atoms in total. The first kappa shape index (κ1) is 18.3. The van der Waals surface area contributed by atoms with Gasteiger partial charge in [-0.1, -0.05) is 23.4 Å². The van der Waals surface area contributed by atoms with Crippen molar-refractivity contribution >= 4 is 35.3 Å². The van der Waals surface area contributed by atoms with Gasteiger partial charge in [0.15, 0.2) is 11.0 Å². The summed E-state index contributed by atoms with van der Waals surface area (Å²) in [5.41, 5.74) is 0.876. The Kier molecular flexibility index (Phi) is 6.22. The number of urea groups is 1. The molecule has 0 unspecified atom stereocenters. The second-order valence-corrected chi connectivity index (χ2v) is 6.73. The molecule has 1 atom stereocenters. The van der Waals surface area contributed by atoms with E-state index in [1.54, 1.807) is 30.5 Å². The highest BCUT2D eigenvalue weighted by Crippen LogP contribution is 2.26. The molecule has 2 rings (SSSR count). The van der Waals surface area contributed by atoms with Crippen molar-refractivity contribution in [2.24, 2.45) is 7.05 Å². The summed E-state index contributed by atoms with van der Waals surface area (Å²) in [5.74, 6) is 0.285. The molecule has 0 aliphatic rings. The van der Waals surface area contributed by atoms with Gasteiger partial charge in [0, 0.05) is 24.2 Å². The molecule has 2 aromatic rings. The van der Waals surface area contributed by atoms with E-state index in [4.69, 9.17) is 11.6 Å². The summed E-state index contributed by atoms with van der Waals surface area (Å²) in [6, 6.07) is 6.76. The average Bonchev–Trinajstić information content (AvgIpc) is 2.89. The zero-order chi connectivity index (χ0) is 17.7. The number of halogens is 1. The lowest BCUT2D eigenvalue weighted by atomic mass is 10.2. The van der Waals surface area contributed by atoms with E-state index >= 15 is 0 Å². The number of imide groups is 1. The van der Waals surface area contributed by atoms with Crippen molar-refractivity contribution in [2.45, 2.75) is 24.3 Å². The second-order valence-electron chi connectivity index (χ2n) is 4.98. The molecule has 2 N–H and O–H groups in total. The predicted molar refractivity (Wildman–Crippen MR) is 94.0 cm³/mol. The van der Waals surface area contributed by atoms with Crippen LogP contribution in [0.5, 0.6) is 0 Å². The Hall–Kier alpha value is -2.06. The number of thioether (sulfide) groups is 1. The average molecular weight is 368 g/mol. The van der Waals surface area contributed by atoms with Crippen LogP contribution >= 0.6 is 23.4 Å². The van der Waals surface area contributed by atoms with E-state index in [-0.39, 0.29) is 5.91 Å². The summed E-state index contributed by atoms with van der Waals surface area (Å²) >= 11 is 7.12. The van der Waals surface area contributed by atoms with Crippen LogP contribution in [0.25, 0.3) is 11.4 Å². The number of hydrogen-bond acceptors (Lipinski definition) is 5. The van der Waals surface area contributed by atoms with E-state index in [2.05, 4.69) is 20.8 Å². The van der Waals surface area contributed by atoms with Crippen molar-refractivity contribution in [3.8, 4) is 11.4 Å². The first-order valence-corrected chi connectivity index (χ1v) is 8.58. The van der Waals surface area contributed by atoms with Gasteiger partial charge in [0.05, 0.1) is 5.25 Å². The van der Waals surface area contributed by atoms with Crippen LogP contribution in [-0.2, 0) is 11.8 Å². The highest BCUT2D eigenvalue weighted by Gasteiger charge is 2.20. The van der Waals surface area contributed by atoms with Crippen molar-refractivity contribution in [1.82, 2.24) is 25.4 Å².